The predicted molar refractivity (Wildman–Crippen MR) is 104 cm³/mol. The normalized spacial score (nSPS) is 12.3. The SMILES string of the molecule is O=C(Cc1csc(-c2ccc(F)cc2)n1)NNC(=O)c1ccc2c(c1)OCCO2. The quantitative estimate of drug-likeness (QED) is 0.642. The van der Waals surface area contributed by atoms with Gasteiger partial charge in [0.05, 0.1) is 12.1 Å². The number of amides is 2. The molecule has 0 radical (unpaired) electrons. The number of fused-ring (bicyclic) bond motifs is 1. The van der Waals surface area contributed by atoms with Crippen LogP contribution in [0.2, 0.25) is 0 Å². The lowest BCUT2D eigenvalue weighted by Crippen LogP contribution is -2.42. The Kier molecular flexibility index (Phi) is 5.39. The van der Waals surface area contributed by atoms with E-state index in [1.807, 2.05) is 0 Å². The van der Waals surface area contributed by atoms with Crippen molar-refractivity contribution >= 4 is 23.2 Å². The van der Waals surface area contributed by atoms with Gasteiger partial charge in [-0.05, 0) is 42.5 Å². The lowest BCUT2D eigenvalue weighted by molar-refractivity contribution is -0.121. The van der Waals surface area contributed by atoms with Crippen molar-refractivity contribution in [3.63, 3.8) is 0 Å². The highest BCUT2D eigenvalue weighted by Crippen LogP contribution is 2.30. The Hall–Kier alpha value is -3.46. The lowest BCUT2D eigenvalue weighted by Gasteiger charge is -2.18. The number of hydrogen-bond acceptors (Lipinski definition) is 6. The molecule has 9 heteroatoms. The van der Waals surface area contributed by atoms with E-state index in [4.69, 9.17) is 9.47 Å². The van der Waals surface area contributed by atoms with Gasteiger partial charge in [-0.2, -0.15) is 0 Å². The van der Waals surface area contributed by atoms with Gasteiger partial charge in [0.25, 0.3) is 5.91 Å². The Morgan fingerprint density at radius 1 is 1.03 bits per heavy atom. The molecule has 0 spiro atoms. The predicted octanol–water partition coefficient (Wildman–Crippen LogP) is 2.72. The summed E-state index contributed by atoms with van der Waals surface area (Å²) < 4.78 is 23.9. The minimum atomic E-state index is -0.472. The van der Waals surface area contributed by atoms with E-state index in [-0.39, 0.29) is 12.2 Å². The minimum absolute atomic E-state index is 0.000879. The standard InChI is InChI=1S/C20H16FN3O4S/c21-14-4-1-12(2-5-14)20-22-15(11-29-20)10-18(25)23-24-19(26)13-3-6-16-17(9-13)28-8-7-27-16/h1-6,9,11H,7-8,10H2,(H,23,25)(H,24,26). The van der Waals surface area contributed by atoms with E-state index in [1.165, 1.54) is 23.5 Å². The van der Waals surface area contributed by atoms with Crippen LogP contribution >= 0.6 is 11.3 Å². The molecule has 2 heterocycles. The van der Waals surface area contributed by atoms with E-state index in [9.17, 15) is 14.0 Å². The number of nitrogens with zero attached hydrogens (tertiary/aromatic N) is 1. The van der Waals surface area contributed by atoms with Gasteiger partial charge in [-0.15, -0.1) is 11.3 Å². The maximum Gasteiger partial charge on any atom is 0.269 e. The Bertz CT molecular complexity index is 1050. The molecule has 1 aromatic heterocycles. The molecule has 0 aliphatic carbocycles. The zero-order valence-electron chi connectivity index (χ0n) is 15.1. The fraction of sp³-hybridized carbons (Fsp3) is 0.150. The van der Waals surface area contributed by atoms with Gasteiger partial charge in [0.2, 0.25) is 5.91 Å². The molecule has 2 aromatic carbocycles. The summed E-state index contributed by atoms with van der Waals surface area (Å²) in [5.74, 6) is -0.130. The molecule has 0 fully saturated rings. The monoisotopic (exact) mass is 413 g/mol. The zero-order valence-corrected chi connectivity index (χ0v) is 15.9. The number of nitrogens with one attached hydrogen (secondary N) is 2. The molecular weight excluding hydrogens is 397 g/mol. The summed E-state index contributed by atoms with van der Waals surface area (Å²) in [7, 11) is 0. The Morgan fingerprint density at radius 3 is 2.59 bits per heavy atom. The molecule has 29 heavy (non-hydrogen) atoms. The van der Waals surface area contributed by atoms with Crippen LogP contribution in [0.3, 0.4) is 0 Å². The molecule has 1 aliphatic rings. The number of aromatic nitrogens is 1. The third kappa shape index (κ3) is 4.52. The number of carbonyl (C=O) groups excluding carboxylic acids is 2. The third-order valence-corrected chi connectivity index (χ3v) is 5.04. The van der Waals surface area contributed by atoms with Crippen LogP contribution in [-0.4, -0.2) is 30.0 Å². The van der Waals surface area contributed by atoms with E-state index in [2.05, 4.69) is 15.8 Å². The molecular formula is C20H16FN3O4S. The first kappa shape index (κ1) is 18.9. The lowest BCUT2D eigenvalue weighted by atomic mass is 10.2. The molecule has 0 saturated heterocycles. The molecule has 0 bridgehead atoms. The molecule has 2 amide bonds. The second kappa shape index (κ2) is 8.27. The van der Waals surface area contributed by atoms with Crippen molar-refractivity contribution < 1.29 is 23.5 Å². The van der Waals surface area contributed by atoms with Crippen LogP contribution in [0.25, 0.3) is 10.6 Å². The van der Waals surface area contributed by atoms with Crippen molar-refractivity contribution in [2.45, 2.75) is 6.42 Å². The van der Waals surface area contributed by atoms with Gasteiger partial charge in [0.1, 0.15) is 24.0 Å². The fourth-order valence-corrected chi connectivity index (χ4v) is 3.53. The van der Waals surface area contributed by atoms with Gasteiger partial charge in [-0.25, -0.2) is 9.37 Å². The molecule has 2 N–H and O–H groups in total. The van der Waals surface area contributed by atoms with E-state index in [0.29, 0.717) is 41.0 Å². The summed E-state index contributed by atoms with van der Waals surface area (Å²) in [6, 6.07) is 10.8. The van der Waals surface area contributed by atoms with E-state index < -0.39 is 11.8 Å². The number of carbonyl (C=O) groups is 2. The summed E-state index contributed by atoms with van der Waals surface area (Å²) in [6.07, 6.45) is -0.000879. The number of hydrogen-bond donors (Lipinski definition) is 2. The highest BCUT2D eigenvalue weighted by Gasteiger charge is 2.16. The van der Waals surface area contributed by atoms with Crippen LogP contribution in [0.4, 0.5) is 4.39 Å². The van der Waals surface area contributed by atoms with Crippen LogP contribution in [0.1, 0.15) is 16.1 Å². The van der Waals surface area contributed by atoms with Crippen LogP contribution in [0.5, 0.6) is 11.5 Å². The first-order valence-electron chi connectivity index (χ1n) is 8.78. The molecule has 0 unspecified atom stereocenters. The minimum Gasteiger partial charge on any atom is -0.486 e. The molecule has 0 atom stereocenters. The molecule has 3 aromatic rings. The van der Waals surface area contributed by atoms with Crippen molar-refractivity contribution in [3.05, 3.63) is 64.9 Å². The molecule has 1 aliphatic heterocycles. The number of thiazole rings is 1. The highest BCUT2D eigenvalue weighted by molar-refractivity contribution is 7.13. The first-order valence-corrected chi connectivity index (χ1v) is 9.65. The second-order valence-corrected chi connectivity index (χ2v) is 7.05. The highest BCUT2D eigenvalue weighted by atomic mass is 32.1. The van der Waals surface area contributed by atoms with Crippen molar-refractivity contribution in [1.82, 2.24) is 15.8 Å². The summed E-state index contributed by atoms with van der Waals surface area (Å²) in [5, 5.41) is 2.44. The van der Waals surface area contributed by atoms with Crippen molar-refractivity contribution in [2.75, 3.05) is 13.2 Å². The zero-order chi connectivity index (χ0) is 20.2. The van der Waals surface area contributed by atoms with Crippen LogP contribution in [0.15, 0.2) is 47.8 Å². The maximum absolute atomic E-state index is 13.0. The van der Waals surface area contributed by atoms with Crippen LogP contribution in [-0.2, 0) is 11.2 Å². The van der Waals surface area contributed by atoms with Gasteiger partial charge in [0, 0.05) is 16.5 Å². The number of benzene rings is 2. The van der Waals surface area contributed by atoms with Crippen LogP contribution in [0, 0.1) is 5.82 Å². The molecule has 7 nitrogen and oxygen atoms in total. The second-order valence-electron chi connectivity index (χ2n) is 6.19. The average Bonchev–Trinajstić information content (AvgIpc) is 3.20. The van der Waals surface area contributed by atoms with Crippen LogP contribution < -0.4 is 20.3 Å². The van der Waals surface area contributed by atoms with E-state index in [1.54, 1.807) is 35.7 Å². The largest absolute Gasteiger partial charge is 0.486 e. The summed E-state index contributed by atoms with van der Waals surface area (Å²) in [6.45, 7) is 0.885. The van der Waals surface area contributed by atoms with Crippen molar-refractivity contribution in [3.8, 4) is 22.1 Å². The third-order valence-electron chi connectivity index (χ3n) is 4.10. The summed E-state index contributed by atoms with van der Waals surface area (Å²) >= 11 is 1.36. The molecule has 148 valence electrons. The van der Waals surface area contributed by atoms with E-state index >= 15 is 0 Å². The summed E-state index contributed by atoms with van der Waals surface area (Å²) in [4.78, 5) is 28.7. The van der Waals surface area contributed by atoms with Crippen molar-refractivity contribution in [2.24, 2.45) is 0 Å². The number of ether oxygens (including phenoxy) is 2. The topological polar surface area (TPSA) is 89.6 Å². The fourth-order valence-electron chi connectivity index (χ4n) is 2.71. The smallest absolute Gasteiger partial charge is 0.269 e. The first-order chi connectivity index (χ1) is 14.1. The van der Waals surface area contributed by atoms with E-state index in [0.717, 1.165) is 5.56 Å². The van der Waals surface area contributed by atoms with Gasteiger partial charge in [-0.1, -0.05) is 0 Å². The molecule has 4 rings (SSSR count). The Balaban J connectivity index is 1.32. The Labute approximate surface area is 169 Å². The van der Waals surface area contributed by atoms with Gasteiger partial charge in [-0.3, -0.25) is 20.4 Å². The van der Waals surface area contributed by atoms with Gasteiger partial charge >= 0.3 is 0 Å². The maximum atomic E-state index is 13.0. The number of rotatable bonds is 4. The number of hydrazine groups is 1. The molecule has 0 saturated carbocycles. The van der Waals surface area contributed by atoms with Gasteiger partial charge in [0.15, 0.2) is 11.5 Å². The Morgan fingerprint density at radius 2 is 1.79 bits per heavy atom. The summed E-state index contributed by atoms with van der Waals surface area (Å²) in [5.41, 5.74) is 6.40. The van der Waals surface area contributed by atoms with Gasteiger partial charge < -0.3 is 9.47 Å². The number of halogens is 1. The van der Waals surface area contributed by atoms with Crippen molar-refractivity contribution in [1.29, 1.82) is 0 Å². The average molecular weight is 413 g/mol.